The van der Waals surface area contributed by atoms with Crippen molar-refractivity contribution in [3.8, 4) is 5.75 Å². The maximum absolute atomic E-state index is 5.50. The molecule has 1 atom stereocenters. The SMILES string of the molecule is CNC(C)CCOCCOc1ccccc1. The van der Waals surface area contributed by atoms with Gasteiger partial charge in [-0.3, -0.25) is 0 Å². The smallest absolute Gasteiger partial charge is 0.119 e. The van der Waals surface area contributed by atoms with Crippen LogP contribution in [0.15, 0.2) is 30.3 Å². The van der Waals surface area contributed by atoms with Crippen LogP contribution in [0.2, 0.25) is 0 Å². The first-order chi connectivity index (χ1) is 7.83. The molecule has 0 aliphatic rings. The van der Waals surface area contributed by atoms with E-state index in [1.165, 1.54) is 0 Å². The zero-order valence-electron chi connectivity index (χ0n) is 10.1. The normalized spacial score (nSPS) is 12.4. The second-order valence-corrected chi connectivity index (χ2v) is 3.75. The van der Waals surface area contributed by atoms with Crippen LogP contribution >= 0.6 is 0 Å². The molecule has 1 unspecified atom stereocenters. The summed E-state index contributed by atoms with van der Waals surface area (Å²) in [5, 5.41) is 3.17. The highest BCUT2D eigenvalue weighted by Gasteiger charge is 1.97. The molecular formula is C13H21NO2. The van der Waals surface area contributed by atoms with Gasteiger partial charge in [-0.1, -0.05) is 18.2 Å². The average molecular weight is 223 g/mol. The van der Waals surface area contributed by atoms with Gasteiger partial charge in [-0.15, -0.1) is 0 Å². The summed E-state index contributed by atoms with van der Waals surface area (Å²) >= 11 is 0. The summed E-state index contributed by atoms with van der Waals surface area (Å²) < 4.78 is 11.0. The van der Waals surface area contributed by atoms with E-state index in [0.29, 0.717) is 19.3 Å². The van der Waals surface area contributed by atoms with Crippen molar-refractivity contribution < 1.29 is 9.47 Å². The third kappa shape index (κ3) is 5.73. The molecule has 0 aliphatic carbocycles. The van der Waals surface area contributed by atoms with Gasteiger partial charge in [0.25, 0.3) is 0 Å². The quantitative estimate of drug-likeness (QED) is 0.684. The first-order valence-electron chi connectivity index (χ1n) is 5.76. The minimum absolute atomic E-state index is 0.509. The third-order valence-corrected chi connectivity index (χ3v) is 2.43. The van der Waals surface area contributed by atoms with Crippen LogP contribution in [0.25, 0.3) is 0 Å². The van der Waals surface area contributed by atoms with Crippen molar-refractivity contribution in [2.75, 3.05) is 26.9 Å². The molecule has 3 heteroatoms. The van der Waals surface area contributed by atoms with Gasteiger partial charge >= 0.3 is 0 Å². The van der Waals surface area contributed by atoms with Crippen molar-refractivity contribution in [3.63, 3.8) is 0 Å². The molecule has 0 fully saturated rings. The van der Waals surface area contributed by atoms with E-state index in [2.05, 4.69) is 12.2 Å². The fourth-order valence-corrected chi connectivity index (χ4v) is 1.24. The van der Waals surface area contributed by atoms with Gasteiger partial charge in [0, 0.05) is 12.6 Å². The number of nitrogens with one attached hydrogen (secondary N) is 1. The van der Waals surface area contributed by atoms with Crippen molar-refractivity contribution in [3.05, 3.63) is 30.3 Å². The second kappa shape index (κ2) is 8.13. The standard InChI is InChI=1S/C13H21NO2/c1-12(14-2)8-9-15-10-11-16-13-6-4-3-5-7-13/h3-7,12,14H,8-11H2,1-2H3. The number of para-hydroxylation sites is 1. The zero-order chi connectivity index (χ0) is 11.6. The van der Waals surface area contributed by atoms with Crippen LogP contribution in [-0.4, -0.2) is 32.9 Å². The number of rotatable bonds is 8. The lowest BCUT2D eigenvalue weighted by Crippen LogP contribution is -2.23. The molecule has 0 saturated carbocycles. The Kier molecular flexibility index (Phi) is 6.61. The Morgan fingerprint density at radius 2 is 1.88 bits per heavy atom. The molecule has 1 aromatic rings. The van der Waals surface area contributed by atoms with E-state index >= 15 is 0 Å². The fourth-order valence-electron chi connectivity index (χ4n) is 1.24. The predicted molar refractivity (Wildman–Crippen MR) is 65.9 cm³/mol. The van der Waals surface area contributed by atoms with E-state index in [9.17, 15) is 0 Å². The van der Waals surface area contributed by atoms with Crippen LogP contribution in [0.1, 0.15) is 13.3 Å². The molecule has 3 nitrogen and oxygen atoms in total. The molecule has 1 N–H and O–H groups in total. The van der Waals surface area contributed by atoms with E-state index in [0.717, 1.165) is 18.8 Å². The average Bonchev–Trinajstić information content (AvgIpc) is 2.34. The fraction of sp³-hybridized carbons (Fsp3) is 0.538. The molecule has 1 rings (SSSR count). The van der Waals surface area contributed by atoms with Gasteiger partial charge in [0.1, 0.15) is 12.4 Å². The zero-order valence-corrected chi connectivity index (χ0v) is 10.1. The highest BCUT2D eigenvalue weighted by Crippen LogP contribution is 2.07. The Bertz CT molecular complexity index is 264. The molecule has 0 heterocycles. The summed E-state index contributed by atoms with van der Waals surface area (Å²) in [5.74, 6) is 0.898. The van der Waals surface area contributed by atoms with Crippen LogP contribution in [0.3, 0.4) is 0 Å². The predicted octanol–water partition coefficient (Wildman–Crippen LogP) is 2.08. The highest BCUT2D eigenvalue weighted by molar-refractivity contribution is 5.20. The topological polar surface area (TPSA) is 30.5 Å². The number of hydrogen-bond donors (Lipinski definition) is 1. The summed E-state index contributed by atoms with van der Waals surface area (Å²) in [6, 6.07) is 10.3. The number of hydrogen-bond acceptors (Lipinski definition) is 3. The van der Waals surface area contributed by atoms with Gasteiger partial charge < -0.3 is 14.8 Å². The van der Waals surface area contributed by atoms with Crippen LogP contribution in [0.5, 0.6) is 5.75 Å². The third-order valence-electron chi connectivity index (χ3n) is 2.43. The molecular weight excluding hydrogens is 202 g/mol. The van der Waals surface area contributed by atoms with Crippen LogP contribution < -0.4 is 10.1 Å². The first kappa shape index (κ1) is 13.0. The Morgan fingerprint density at radius 1 is 1.12 bits per heavy atom. The van der Waals surface area contributed by atoms with E-state index < -0.39 is 0 Å². The molecule has 0 bridgehead atoms. The lowest BCUT2D eigenvalue weighted by atomic mass is 10.2. The minimum atomic E-state index is 0.509. The molecule has 0 amide bonds. The molecule has 0 aliphatic heterocycles. The van der Waals surface area contributed by atoms with Gasteiger partial charge in [-0.25, -0.2) is 0 Å². The van der Waals surface area contributed by atoms with Crippen molar-refractivity contribution in [2.45, 2.75) is 19.4 Å². The molecule has 0 radical (unpaired) electrons. The van der Waals surface area contributed by atoms with Gasteiger partial charge in [-0.05, 0) is 32.5 Å². The van der Waals surface area contributed by atoms with Crippen molar-refractivity contribution in [1.82, 2.24) is 5.32 Å². The lowest BCUT2D eigenvalue weighted by molar-refractivity contribution is 0.0944. The molecule has 0 spiro atoms. The Balaban J connectivity index is 1.96. The van der Waals surface area contributed by atoms with Crippen molar-refractivity contribution in [1.29, 1.82) is 0 Å². The van der Waals surface area contributed by atoms with Crippen molar-refractivity contribution >= 4 is 0 Å². The van der Waals surface area contributed by atoms with E-state index in [1.54, 1.807) is 0 Å². The molecule has 0 saturated heterocycles. The highest BCUT2D eigenvalue weighted by atomic mass is 16.5. The molecule has 90 valence electrons. The maximum Gasteiger partial charge on any atom is 0.119 e. The Labute approximate surface area is 97.8 Å². The van der Waals surface area contributed by atoms with Gasteiger partial charge in [0.15, 0.2) is 0 Å². The van der Waals surface area contributed by atoms with E-state index in [4.69, 9.17) is 9.47 Å². The number of ether oxygens (including phenoxy) is 2. The van der Waals surface area contributed by atoms with E-state index in [1.807, 2.05) is 37.4 Å². The van der Waals surface area contributed by atoms with Crippen LogP contribution in [-0.2, 0) is 4.74 Å². The summed E-state index contributed by atoms with van der Waals surface area (Å²) in [7, 11) is 1.96. The van der Waals surface area contributed by atoms with E-state index in [-0.39, 0.29) is 0 Å². The van der Waals surface area contributed by atoms with Crippen molar-refractivity contribution in [2.24, 2.45) is 0 Å². The lowest BCUT2D eigenvalue weighted by Gasteiger charge is -2.10. The minimum Gasteiger partial charge on any atom is -0.491 e. The van der Waals surface area contributed by atoms with Crippen LogP contribution in [0, 0.1) is 0 Å². The Hall–Kier alpha value is -1.06. The number of benzene rings is 1. The van der Waals surface area contributed by atoms with Gasteiger partial charge in [0.05, 0.1) is 6.61 Å². The summed E-state index contributed by atoms with van der Waals surface area (Å²) in [6.07, 6.45) is 1.03. The first-order valence-corrected chi connectivity index (χ1v) is 5.76. The molecule has 16 heavy (non-hydrogen) atoms. The van der Waals surface area contributed by atoms with Crippen LogP contribution in [0.4, 0.5) is 0 Å². The monoisotopic (exact) mass is 223 g/mol. The largest absolute Gasteiger partial charge is 0.491 e. The summed E-state index contributed by atoms with van der Waals surface area (Å²) in [5.41, 5.74) is 0. The summed E-state index contributed by atoms with van der Waals surface area (Å²) in [4.78, 5) is 0. The van der Waals surface area contributed by atoms with Gasteiger partial charge in [-0.2, -0.15) is 0 Å². The Morgan fingerprint density at radius 3 is 2.56 bits per heavy atom. The summed E-state index contributed by atoms with van der Waals surface area (Å²) in [6.45, 7) is 4.17. The molecule has 0 aromatic heterocycles. The molecule has 1 aromatic carbocycles. The van der Waals surface area contributed by atoms with Gasteiger partial charge in [0.2, 0.25) is 0 Å². The second-order valence-electron chi connectivity index (χ2n) is 3.75. The maximum atomic E-state index is 5.50.